The van der Waals surface area contributed by atoms with Crippen molar-refractivity contribution in [3.63, 3.8) is 0 Å². The molecule has 10 atom stereocenters. The number of rotatable bonds is 16. The maximum Gasteiger partial charge on any atom is 0.240 e. The van der Waals surface area contributed by atoms with Crippen molar-refractivity contribution >= 4 is 11.5 Å². The zero-order valence-corrected chi connectivity index (χ0v) is 34.0. The first kappa shape index (κ1) is 42.2. The number of allylic oxidation sites excluding steroid dienone is 3. The van der Waals surface area contributed by atoms with E-state index in [1.807, 2.05) is 44.4 Å². The van der Waals surface area contributed by atoms with Crippen LogP contribution in [0.25, 0.3) is 5.57 Å². The maximum atomic E-state index is 14.3. The monoisotopic (exact) mass is 754 g/mol. The molecule has 12 nitrogen and oxygen atoms in total. The van der Waals surface area contributed by atoms with Crippen LogP contribution in [0.4, 0.5) is 0 Å². The number of methoxy groups -OCH3 is 1. The first-order valence-corrected chi connectivity index (χ1v) is 19.6. The van der Waals surface area contributed by atoms with Crippen molar-refractivity contribution in [2.24, 2.45) is 34.5 Å². The molecule has 4 fully saturated rings. The average Bonchev–Trinajstić information content (AvgIpc) is 3.74. The summed E-state index contributed by atoms with van der Waals surface area (Å²) in [6, 6.07) is 4.97. The lowest BCUT2D eigenvalue weighted by atomic mass is 9.45. The molecule has 1 aromatic rings. The molecule has 6 rings (SSSR count). The molecule has 1 saturated heterocycles. The molecular weight excluding hydrogens is 688 g/mol. The highest BCUT2D eigenvalue weighted by Crippen LogP contribution is 2.61. The van der Waals surface area contributed by atoms with Gasteiger partial charge >= 0.3 is 0 Å². The number of para-hydroxylation sites is 1. The Labute approximate surface area is 322 Å². The van der Waals surface area contributed by atoms with Crippen LogP contribution >= 0.6 is 0 Å². The number of carbonyl (C=O) groups excluding carboxylic acids is 1. The number of fused-ring (bicyclic) bond motifs is 2. The lowest BCUT2D eigenvalue weighted by Crippen LogP contribution is -2.62. The van der Waals surface area contributed by atoms with E-state index in [0.29, 0.717) is 34.8 Å². The number of hydrogen-bond donors (Lipinski definition) is 5. The highest BCUT2D eigenvalue weighted by molar-refractivity contribution is 5.83. The van der Waals surface area contributed by atoms with Crippen molar-refractivity contribution in [1.82, 2.24) is 20.6 Å². The molecule has 2 heterocycles. The number of nitrogens with one attached hydrogen (secondary N) is 2. The Morgan fingerprint density at radius 3 is 2.52 bits per heavy atom. The molecule has 12 heteroatoms. The molecule has 3 aliphatic carbocycles. The summed E-state index contributed by atoms with van der Waals surface area (Å²) in [6.07, 6.45) is 7.30. The van der Waals surface area contributed by atoms with E-state index in [-0.39, 0.29) is 48.8 Å². The van der Waals surface area contributed by atoms with E-state index in [9.17, 15) is 20.1 Å². The molecule has 3 saturated carbocycles. The second kappa shape index (κ2) is 17.4. The molecule has 54 heavy (non-hydrogen) atoms. The van der Waals surface area contributed by atoms with Gasteiger partial charge in [0.2, 0.25) is 12.7 Å². The highest BCUT2D eigenvalue weighted by atomic mass is 16.7. The van der Waals surface area contributed by atoms with Crippen LogP contribution in [-0.2, 0) is 25.7 Å². The van der Waals surface area contributed by atoms with E-state index < -0.39 is 30.4 Å². The molecule has 2 aliphatic heterocycles. The van der Waals surface area contributed by atoms with E-state index in [1.54, 1.807) is 31.4 Å². The van der Waals surface area contributed by atoms with Gasteiger partial charge in [-0.15, -0.1) is 0 Å². The topological polar surface area (TPSA) is 145 Å². The van der Waals surface area contributed by atoms with Crippen LogP contribution in [0.15, 0.2) is 48.4 Å². The van der Waals surface area contributed by atoms with Crippen molar-refractivity contribution in [3.05, 3.63) is 59.6 Å². The summed E-state index contributed by atoms with van der Waals surface area (Å²) in [7, 11) is 5.63. The summed E-state index contributed by atoms with van der Waals surface area (Å²) in [5, 5.41) is 40.8. The number of aliphatic hydroxyl groups excluding tert-OH is 3. The van der Waals surface area contributed by atoms with Gasteiger partial charge in [-0.25, -0.2) is 0 Å². The van der Waals surface area contributed by atoms with Crippen LogP contribution in [0.5, 0.6) is 5.75 Å². The number of hydrogen-bond acceptors (Lipinski definition) is 11. The molecule has 1 unspecified atom stereocenters. The molecule has 1 amide bonds. The van der Waals surface area contributed by atoms with Gasteiger partial charge in [-0.1, -0.05) is 65.8 Å². The fraction of sp³-hybridized carbons (Fsp3) is 0.690. The predicted molar refractivity (Wildman–Crippen MR) is 208 cm³/mol. The smallest absolute Gasteiger partial charge is 0.240 e. The normalized spacial score (nSPS) is 30.0. The Morgan fingerprint density at radius 1 is 1.20 bits per heavy atom. The Kier molecular flexibility index (Phi) is 13.6. The van der Waals surface area contributed by atoms with Crippen LogP contribution < -0.4 is 15.4 Å². The number of nitrogens with zero attached hydrogens (tertiary/aromatic N) is 2. The Balaban J connectivity index is 1.42. The number of carbonyl (C=O) groups is 1. The summed E-state index contributed by atoms with van der Waals surface area (Å²) >= 11 is 0. The molecule has 1 aromatic carbocycles. The number of ether oxygens (including phenoxy) is 3. The quantitative estimate of drug-likeness (QED) is 0.121. The SMILES string of the molecule is COc1c(CN2O[C@@H](CO)[C@@H]([C@H](C)O)[C@H]2C(=O)N[C@H]2C[C@@H]3C[C@H]([C@@H]2C)C3(C)C)cccc1C(/C=C/C(O)N[C@H](CN(C)C)CC(C)(C)C)=C/C1=COCO1. The minimum absolute atomic E-state index is 0.0313. The Morgan fingerprint density at radius 2 is 1.94 bits per heavy atom. The van der Waals surface area contributed by atoms with E-state index in [2.05, 4.69) is 57.1 Å². The van der Waals surface area contributed by atoms with Gasteiger partial charge in [-0.05, 0) is 86.6 Å². The van der Waals surface area contributed by atoms with Gasteiger partial charge in [-0.2, -0.15) is 5.06 Å². The number of aliphatic hydroxyl groups is 3. The molecule has 0 spiro atoms. The standard InChI is InChI=1S/C42H66N4O8/c1-25-33-17-29(42(33,6)7)18-34(25)44-40(50)38-37(26(2)48)35(22-47)54-46(38)20-28-12-11-13-32(39(28)51-10)27(16-31-23-52-24-53-31)14-15-36(49)43-30(21-45(8)9)19-41(3,4)5/h11-16,23,25-26,29-30,33-38,43,47-49H,17-22,24H2,1-10H3,(H,44,50)/b15-14+,27-16+/t25-,26-,29-,30-,33+,34-,35-,36?,37+,38-/m0/s1. The molecular formula is C42H66N4O8. The van der Waals surface area contributed by atoms with Gasteiger partial charge in [0, 0.05) is 35.7 Å². The van der Waals surface area contributed by atoms with Crippen molar-refractivity contribution < 1.29 is 39.2 Å². The minimum atomic E-state index is -0.932. The van der Waals surface area contributed by atoms with Crippen molar-refractivity contribution in [3.8, 4) is 5.75 Å². The fourth-order valence-electron chi connectivity index (χ4n) is 9.37. The highest BCUT2D eigenvalue weighted by Gasteiger charge is 2.57. The van der Waals surface area contributed by atoms with Gasteiger partial charge in [-0.3, -0.25) is 14.9 Å². The van der Waals surface area contributed by atoms with Crippen LogP contribution in [-0.4, -0.2) is 109 Å². The van der Waals surface area contributed by atoms with Crippen LogP contribution in [0.1, 0.15) is 78.9 Å². The van der Waals surface area contributed by atoms with Crippen molar-refractivity contribution in [2.45, 2.75) is 111 Å². The van der Waals surface area contributed by atoms with Gasteiger partial charge in [0.1, 0.15) is 30.4 Å². The summed E-state index contributed by atoms with van der Waals surface area (Å²) in [4.78, 5) is 22.6. The Bertz CT molecular complexity index is 1530. The number of amides is 1. The number of hydroxylamine groups is 2. The van der Waals surface area contributed by atoms with E-state index in [4.69, 9.17) is 19.0 Å². The summed E-state index contributed by atoms with van der Waals surface area (Å²) in [5.41, 5.74) is 2.50. The molecule has 5 aliphatic rings. The van der Waals surface area contributed by atoms with Crippen molar-refractivity contribution in [1.29, 1.82) is 0 Å². The Hall–Kier alpha value is -2.97. The first-order chi connectivity index (χ1) is 25.4. The lowest BCUT2D eigenvalue weighted by molar-refractivity contribution is -0.183. The summed E-state index contributed by atoms with van der Waals surface area (Å²) < 4.78 is 17.1. The second-order valence-electron chi connectivity index (χ2n) is 18.0. The van der Waals surface area contributed by atoms with Gasteiger partial charge in [0.05, 0.1) is 26.4 Å². The summed E-state index contributed by atoms with van der Waals surface area (Å²) in [6.45, 7) is 15.8. The first-order valence-electron chi connectivity index (χ1n) is 19.6. The second-order valence-corrected chi connectivity index (χ2v) is 18.0. The minimum Gasteiger partial charge on any atom is -0.496 e. The lowest BCUT2D eigenvalue weighted by Gasteiger charge is -2.62. The molecule has 0 aromatic heterocycles. The zero-order valence-electron chi connectivity index (χ0n) is 34.0. The predicted octanol–water partition coefficient (Wildman–Crippen LogP) is 4.42. The van der Waals surface area contributed by atoms with Gasteiger partial charge < -0.3 is 39.7 Å². The third-order valence-corrected chi connectivity index (χ3v) is 12.1. The third-order valence-electron chi connectivity index (χ3n) is 12.1. The van der Waals surface area contributed by atoms with E-state index in [0.717, 1.165) is 30.5 Å². The zero-order chi connectivity index (χ0) is 39.5. The third kappa shape index (κ3) is 9.69. The van der Waals surface area contributed by atoms with Gasteiger partial charge in [0.25, 0.3) is 0 Å². The number of benzene rings is 1. The fourth-order valence-corrected chi connectivity index (χ4v) is 9.37. The van der Waals surface area contributed by atoms with Crippen LogP contribution in [0.3, 0.4) is 0 Å². The average molecular weight is 755 g/mol. The van der Waals surface area contributed by atoms with Gasteiger partial charge in [0.15, 0.2) is 5.76 Å². The van der Waals surface area contributed by atoms with Crippen LogP contribution in [0.2, 0.25) is 0 Å². The molecule has 0 radical (unpaired) electrons. The largest absolute Gasteiger partial charge is 0.496 e. The number of likely N-dealkylation sites (N-methyl/N-ethyl adjacent to an activating group) is 1. The summed E-state index contributed by atoms with van der Waals surface area (Å²) in [5.74, 6) is 1.65. The van der Waals surface area contributed by atoms with E-state index in [1.165, 1.54) is 6.42 Å². The van der Waals surface area contributed by atoms with Crippen molar-refractivity contribution in [2.75, 3.05) is 41.1 Å². The van der Waals surface area contributed by atoms with Crippen LogP contribution in [0, 0.1) is 34.5 Å². The molecule has 5 N–H and O–H groups in total. The van der Waals surface area contributed by atoms with E-state index >= 15 is 0 Å². The maximum absolute atomic E-state index is 14.3. The molecule has 302 valence electrons. The molecule has 2 bridgehead atoms.